The lowest BCUT2D eigenvalue weighted by atomic mass is 9.96. The number of hydrogen-bond donors (Lipinski definition) is 2. The zero-order valence-electron chi connectivity index (χ0n) is 8.14. The molecular weight excluding hydrogens is 265 g/mol. The monoisotopic (exact) mass is 277 g/mol. The van der Waals surface area contributed by atoms with E-state index in [1.165, 1.54) is 0 Å². The Morgan fingerprint density at radius 1 is 1.50 bits per heavy atom. The fourth-order valence-corrected chi connectivity index (χ4v) is 1.72. The van der Waals surface area contributed by atoms with Gasteiger partial charge in [-0.25, -0.2) is 0 Å². The SMILES string of the molecule is CC(C)(N)Cc1ccc(Br)c(Cl)c1O. The lowest BCUT2D eigenvalue weighted by molar-refractivity contribution is 0.450. The van der Waals surface area contributed by atoms with E-state index >= 15 is 0 Å². The lowest BCUT2D eigenvalue weighted by Crippen LogP contribution is -2.34. The van der Waals surface area contributed by atoms with Gasteiger partial charge in [0.1, 0.15) is 5.75 Å². The van der Waals surface area contributed by atoms with Crippen molar-refractivity contribution >= 4 is 27.5 Å². The van der Waals surface area contributed by atoms with E-state index in [0.29, 0.717) is 15.9 Å². The minimum absolute atomic E-state index is 0.111. The molecule has 2 nitrogen and oxygen atoms in total. The molecule has 0 aliphatic carbocycles. The van der Waals surface area contributed by atoms with Gasteiger partial charge < -0.3 is 10.8 Å². The highest BCUT2D eigenvalue weighted by atomic mass is 79.9. The van der Waals surface area contributed by atoms with Gasteiger partial charge in [0.25, 0.3) is 0 Å². The van der Waals surface area contributed by atoms with E-state index in [9.17, 15) is 5.11 Å². The summed E-state index contributed by atoms with van der Waals surface area (Å²) < 4.78 is 0.690. The van der Waals surface area contributed by atoms with E-state index in [0.717, 1.165) is 5.56 Å². The molecule has 0 radical (unpaired) electrons. The van der Waals surface area contributed by atoms with Crippen LogP contribution < -0.4 is 5.73 Å². The summed E-state index contributed by atoms with van der Waals surface area (Å²) in [5, 5.41) is 10.1. The quantitative estimate of drug-likeness (QED) is 0.873. The molecule has 3 N–H and O–H groups in total. The third-order valence-electron chi connectivity index (χ3n) is 1.80. The van der Waals surface area contributed by atoms with E-state index in [-0.39, 0.29) is 11.3 Å². The molecule has 0 aliphatic rings. The first-order chi connectivity index (χ1) is 6.31. The summed E-state index contributed by atoms with van der Waals surface area (Å²) in [5.41, 5.74) is 6.28. The van der Waals surface area contributed by atoms with Gasteiger partial charge in [-0.1, -0.05) is 17.7 Å². The molecule has 0 fully saturated rings. The second kappa shape index (κ2) is 4.09. The van der Waals surface area contributed by atoms with Gasteiger partial charge in [-0.3, -0.25) is 0 Å². The van der Waals surface area contributed by atoms with Crippen molar-refractivity contribution in [3.05, 3.63) is 27.2 Å². The Morgan fingerprint density at radius 3 is 2.57 bits per heavy atom. The van der Waals surface area contributed by atoms with E-state index < -0.39 is 0 Å². The average Bonchev–Trinajstić information content (AvgIpc) is 2.04. The molecule has 0 bridgehead atoms. The number of halogens is 2. The molecule has 1 rings (SSSR count). The van der Waals surface area contributed by atoms with Crippen LogP contribution in [-0.2, 0) is 6.42 Å². The summed E-state index contributed by atoms with van der Waals surface area (Å²) in [6.07, 6.45) is 0.589. The van der Waals surface area contributed by atoms with Crippen LogP contribution in [0.15, 0.2) is 16.6 Å². The maximum Gasteiger partial charge on any atom is 0.138 e. The van der Waals surface area contributed by atoms with Crippen molar-refractivity contribution in [2.24, 2.45) is 5.73 Å². The predicted molar refractivity (Wildman–Crippen MR) is 62.8 cm³/mol. The van der Waals surface area contributed by atoms with E-state index in [1.54, 1.807) is 0 Å². The molecule has 0 saturated carbocycles. The van der Waals surface area contributed by atoms with Gasteiger partial charge >= 0.3 is 0 Å². The number of aromatic hydroxyl groups is 1. The summed E-state index contributed by atoms with van der Waals surface area (Å²) in [6, 6.07) is 3.63. The van der Waals surface area contributed by atoms with Crippen molar-refractivity contribution in [3.63, 3.8) is 0 Å². The Labute approximate surface area is 97.2 Å². The normalized spacial score (nSPS) is 11.8. The summed E-state index contributed by atoms with van der Waals surface area (Å²) in [7, 11) is 0. The van der Waals surface area contributed by atoms with Crippen LogP contribution >= 0.6 is 27.5 Å². The van der Waals surface area contributed by atoms with Crippen molar-refractivity contribution in [1.82, 2.24) is 0 Å². The first-order valence-corrected chi connectivity index (χ1v) is 5.43. The van der Waals surface area contributed by atoms with Crippen LogP contribution in [0, 0.1) is 0 Å². The Bertz CT molecular complexity index is 347. The Balaban J connectivity index is 3.06. The molecule has 1 aromatic carbocycles. The maximum atomic E-state index is 9.72. The second-order valence-electron chi connectivity index (χ2n) is 4.03. The summed E-state index contributed by atoms with van der Waals surface area (Å²) >= 11 is 9.11. The van der Waals surface area contributed by atoms with Crippen molar-refractivity contribution in [1.29, 1.82) is 0 Å². The van der Waals surface area contributed by atoms with E-state index in [4.69, 9.17) is 17.3 Å². The molecule has 78 valence electrons. The van der Waals surface area contributed by atoms with Gasteiger partial charge in [0, 0.05) is 10.0 Å². The second-order valence-corrected chi connectivity index (χ2v) is 5.27. The van der Waals surface area contributed by atoms with Gasteiger partial charge in [0.2, 0.25) is 0 Å². The average molecular weight is 279 g/mol. The van der Waals surface area contributed by atoms with E-state index in [1.807, 2.05) is 26.0 Å². The van der Waals surface area contributed by atoms with E-state index in [2.05, 4.69) is 15.9 Å². The largest absolute Gasteiger partial charge is 0.506 e. The fraction of sp³-hybridized carbons (Fsp3) is 0.400. The minimum Gasteiger partial charge on any atom is -0.506 e. The highest BCUT2D eigenvalue weighted by molar-refractivity contribution is 9.10. The number of benzene rings is 1. The van der Waals surface area contributed by atoms with Gasteiger partial charge in [0.15, 0.2) is 0 Å². The van der Waals surface area contributed by atoms with Crippen LogP contribution in [0.3, 0.4) is 0 Å². The highest BCUT2D eigenvalue weighted by Gasteiger charge is 2.16. The molecule has 0 aromatic heterocycles. The standard InChI is InChI=1S/C10H13BrClNO/c1-10(2,13)5-6-3-4-7(11)8(12)9(6)14/h3-4,14H,5,13H2,1-2H3. The third kappa shape index (κ3) is 2.87. The molecule has 1 aromatic rings. The van der Waals surface area contributed by atoms with Crippen molar-refractivity contribution in [2.45, 2.75) is 25.8 Å². The van der Waals surface area contributed by atoms with Crippen LogP contribution in [0.1, 0.15) is 19.4 Å². The molecule has 0 heterocycles. The van der Waals surface area contributed by atoms with Crippen molar-refractivity contribution < 1.29 is 5.11 Å². The number of rotatable bonds is 2. The van der Waals surface area contributed by atoms with Crippen LogP contribution in [0.5, 0.6) is 5.75 Å². The maximum absolute atomic E-state index is 9.72. The van der Waals surface area contributed by atoms with Gasteiger partial charge in [-0.15, -0.1) is 0 Å². The minimum atomic E-state index is -0.353. The Kier molecular flexibility index (Phi) is 3.45. The lowest BCUT2D eigenvalue weighted by Gasteiger charge is -2.19. The number of phenolic OH excluding ortho intramolecular Hbond substituents is 1. The molecule has 4 heteroatoms. The summed E-state index contributed by atoms with van der Waals surface area (Å²) in [6.45, 7) is 3.81. The molecule has 0 saturated heterocycles. The van der Waals surface area contributed by atoms with Crippen LogP contribution in [-0.4, -0.2) is 10.6 Å². The van der Waals surface area contributed by atoms with Gasteiger partial charge in [0.05, 0.1) is 5.02 Å². The molecule has 0 spiro atoms. The molecular formula is C10H13BrClNO. The fourth-order valence-electron chi connectivity index (χ4n) is 1.21. The zero-order chi connectivity index (χ0) is 10.9. The van der Waals surface area contributed by atoms with Crippen LogP contribution in [0.4, 0.5) is 0 Å². The summed E-state index contributed by atoms with van der Waals surface area (Å²) in [4.78, 5) is 0. The first kappa shape index (κ1) is 11.8. The van der Waals surface area contributed by atoms with Crippen LogP contribution in [0.25, 0.3) is 0 Å². The molecule has 0 aliphatic heterocycles. The molecule has 0 atom stereocenters. The van der Waals surface area contributed by atoms with Crippen LogP contribution in [0.2, 0.25) is 5.02 Å². The number of hydrogen-bond acceptors (Lipinski definition) is 2. The zero-order valence-corrected chi connectivity index (χ0v) is 10.5. The number of phenols is 1. The van der Waals surface area contributed by atoms with Gasteiger partial charge in [-0.2, -0.15) is 0 Å². The molecule has 14 heavy (non-hydrogen) atoms. The first-order valence-electron chi connectivity index (χ1n) is 4.26. The van der Waals surface area contributed by atoms with Gasteiger partial charge in [-0.05, 0) is 47.8 Å². The third-order valence-corrected chi connectivity index (χ3v) is 3.07. The summed E-state index contributed by atoms with van der Waals surface area (Å²) in [5.74, 6) is 0.111. The van der Waals surface area contributed by atoms with Crippen molar-refractivity contribution in [3.8, 4) is 5.75 Å². The molecule has 0 unspecified atom stereocenters. The predicted octanol–water partition coefficient (Wildman–Crippen LogP) is 3.09. The highest BCUT2D eigenvalue weighted by Crippen LogP contribution is 2.35. The van der Waals surface area contributed by atoms with Crippen molar-refractivity contribution in [2.75, 3.05) is 0 Å². The topological polar surface area (TPSA) is 46.2 Å². The Morgan fingerprint density at radius 2 is 2.07 bits per heavy atom. The smallest absolute Gasteiger partial charge is 0.138 e. The number of nitrogens with two attached hydrogens (primary N) is 1. The Hall–Kier alpha value is -0.250. The molecule has 0 amide bonds.